The van der Waals surface area contributed by atoms with E-state index in [-0.39, 0.29) is 0 Å². The number of halogens is 1. The van der Waals surface area contributed by atoms with Gasteiger partial charge in [-0.1, -0.05) is 60.7 Å². The van der Waals surface area contributed by atoms with Crippen LogP contribution in [-0.2, 0) is 5.88 Å². The molecule has 2 heteroatoms. The molecule has 0 radical (unpaired) electrons. The molecule has 0 spiro atoms. The quantitative estimate of drug-likeness (QED) is 0.427. The summed E-state index contributed by atoms with van der Waals surface area (Å²) in [6.45, 7) is 0. The van der Waals surface area contributed by atoms with Gasteiger partial charge < -0.3 is 0 Å². The number of hydrogen-bond donors (Lipinski definition) is 0. The number of aromatic nitrogens is 1. The van der Waals surface area contributed by atoms with Gasteiger partial charge in [-0.25, -0.2) is 4.98 Å². The lowest BCUT2D eigenvalue weighted by Crippen LogP contribution is -1.93. The first-order valence-electron chi connectivity index (χ1n) is 7.29. The maximum absolute atomic E-state index is 6.19. The molecule has 0 saturated carbocycles. The van der Waals surface area contributed by atoms with Crippen LogP contribution in [0.15, 0.2) is 72.8 Å². The van der Waals surface area contributed by atoms with E-state index in [4.69, 9.17) is 16.6 Å². The summed E-state index contributed by atoms with van der Waals surface area (Å²) in [5.41, 5.74) is 4.18. The van der Waals surface area contributed by atoms with Gasteiger partial charge in [0.25, 0.3) is 0 Å². The van der Waals surface area contributed by atoms with Gasteiger partial charge in [0, 0.05) is 16.8 Å². The highest BCUT2D eigenvalue weighted by Crippen LogP contribution is 2.32. The normalized spacial score (nSPS) is 11.1. The van der Waals surface area contributed by atoms with E-state index in [0.29, 0.717) is 5.88 Å². The van der Waals surface area contributed by atoms with E-state index in [2.05, 4.69) is 54.6 Å². The van der Waals surface area contributed by atoms with Crippen LogP contribution in [0.3, 0.4) is 0 Å². The minimum Gasteiger partial charge on any atom is -0.247 e. The first-order valence-corrected chi connectivity index (χ1v) is 7.83. The molecule has 4 rings (SSSR count). The number of hydrogen-bond acceptors (Lipinski definition) is 1. The van der Waals surface area contributed by atoms with Crippen molar-refractivity contribution in [2.75, 3.05) is 0 Å². The van der Waals surface area contributed by atoms with Crippen molar-refractivity contribution in [3.63, 3.8) is 0 Å². The molecule has 3 aromatic carbocycles. The van der Waals surface area contributed by atoms with Crippen LogP contribution in [0.5, 0.6) is 0 Å². The lowest BCUT2D eigenvalue weighted by atomic mass is 9.98. The van der Waals surface area contributed by atoms with Crippen molar-refractivity contribution in [3.05, 3.63) is 78.4 Å². The molecular weight excluding hydrogens is 290 g/mol. The summed E-state index contributed by atoms with van der Waals surface area (Å²) in [7, 11) is 0. The highest BCUT2D eigenvalue weighted by atomic mass is 35.5. The van der Waals surface area contributed by atoms with Crippen LogP contribution in [0.2, 0.25) is 0 Å². The van der Waals surface area contributed by atoms with Crippen molar-refractivity contribution in [3.8, 4) is 11.3 Å². The molecule has 0 unspecified atom stereocenters. The molecule has 106 valence electrons. The lowest BCUT2D eigenvalue weighted by Gasteiger charge is -2.11. The third-order valence-electron chi connectivity index (χ3n) is 3.99. The maximum atomic E-state index is 6.19. The number of fused-ring (bicyclic) bond motifs is 2. The second kappa shape index (κ2) is 5.43. The fourth-order valence-corrected chi connectivity index (χ4v) is 3.13. The summed E-state index contributed by atoms with van der Waals surface area (Å²) >= 11 is 6.19. The summed E-state index contributed by atoms with van der Waals surface area (Å²) in [5, 5.41) is 3.55. The number of benzene rings is 3. The Bertz CT molecular complexity index is 970. The van der Waals surface area contributed by atoms with Crippen molar-refractivity contribution in [1.82, 2.24) is 4.98 Å². The van der Waals surface area contributed by atoms with Gasteiger partial charge >= 0.3 is 0 Å². The van der Waals surface area contributed by atoms with Crippen molar-refractivity contribution in [2.24, 2.45) is 0 Å². The molecule has 0 aliphatic heterocycles. The van der Waals surface area contributed by atoms with Gasteiger partial charge in [0.1, 0.15) is 0 Å². The Labute approximate surface area is 134 Å². The Hall–Kier alpha value is -2.38. The maximum Gasteiger partial charge on any atom is 0.0760 e. The molecule has 1 nitrogen and oxygen atoms in total. The molecule has 1 aromatic heterocycles. The number of rotatable bonds is 2. The van der Waals surface area contributed by atoms with Crippen molar-refractivity contribution in [2.45, 2.75) is 5.88 Å². The highest BCUT2D eigenvalue weighted by molar-refractivity contribution is 6.17. The Kier molecular flexibility index (Phi) is 3.28. The molecule has 0 bridgehead atoms. The fraction of sp³-hybridized carbons (Fsp3) is 0.0500. The van der Waals surface area contributed by atoms with Crippen LogP contribution < -0.4 is 0 Å². The van der Waals surface area contributed by atoms with Gasteiger partial charge in [-0.15, -0.1) is 11.6 Å². The van der Waals surface area contributed by atoms with E-state index >= 15 is 0 Å². The third kappa shape index (κ3) is 2.15. The zero-order valence-corrected chi connectivity index (χ0v) is 12.7. The Morgan fingerprint density at radius 2 is 1.50 bits per heavy atom. The van der Waals surface area contributed by atoms with Crippen molar-refractivity contribution < 1.29 is 0 Å². The second-order valence-electron chi connectivity index (χ2n) is 5.35. The van der Waals surface area contributed by atoms with Crippen LogP contribution in [0, 0.1) is 0 Å². The first-order chi connectivity index (χ1) is 10.9. The van der Waals surface area contributed by atoms with Gasteiger partial charge in [0.15, 0.2) is 0 Å². The molecule has 0 saturated heterocycles. The van der Waals surface area contributed by atoms with Crippen LogP contribution in [0.4, 0.5) is 0 Å². The van der Waals surface area contributed by atoms with E-state index in [1.807, 2.05) is 18.2 Å². The van der Waals surface area contributed by atoms with Gasteiger partial charge in [-0.05, 0) is 28.5 Å². The van der Waals surface area contributed by atoms with Gasteiger partial charge in [-0.3, -0.25) is 0 Å². The Balaban J connectivity index is 2.07. The standard InChI is InChI=1S/C20H14ClN/c21-13-16-12-15-7-2-4-11-19(15)22-20(16)18-10-5-8-14-6-1-3-9-17(14)18/h1-12H,13H2. The van der Waals surface area contributed by atoms with E-state index < -0.39 is 0 Å². The minimum absolute atomic E-state index is 0.455. The highest BCUT2D eigenvalue weighted by Gasteiger charge is 2.11. The summed E-state index contributed by atoms with van der Waals surface area (Å²) in [6.07, 6.45) is 0. The average molecular weight is 304 g/mol. The monoisotopic (exact) mass is 303 g/mol. The van der Waals surface area contributed by atoms with E-state index in [0.717, 1.165) is 27.7 Å². The second-order valence-corrected chi connectivity index (χ2v) is 5.62. The molecule has 0 aliphatic rings. The first kappa shape index (κ1) is 13.3. The topological polar surface area (TPSA) is 12.9 Å². The minimum atomic E-state index is 0.455. The molecule has 22 heavy (non-hydrogen) atoms. The fourth-order valence-electron chi connectivity index (χ4n) is 2.93. The van der Waals surface area contributed by atoms with Gasteiger partial charge in [0.05, 0.1) is 11.2 Å². The van der Waals surface area contributed by atoms with Crippen LogP contribution in [0.25, 0.3) is 32.9 Å². The lowest BCUT2D eigenvalue weighted by molar-refractivity contribution is 1.31. The smallest absolute Gasteiger partial charge is 0.0760 e. The number of nitrogens with zero attached hydrogens (tertiary/aromatic N) is 1. The Morgan fingerprint density at radius 3 is 2.36 bits per heavy atom. The van der Waals surface area contributed by atoms with Crippen LogP contribution in [0.1, 0.15) is 5.56 Å². The van der Waals surface area contributed by atoms with E-state index in [1.165, 1.54) is 10.8 Å². The predicted octanol–water partition coefficient (Wildman–Crippen LogP) is 5.79. The zero-order valence-electron chi connectivity index (χ0n) is 12.0. The molecule has 0 amide bonds. The van der Waals surface area contributed by atoms with E-state index in [9.17, 15) is 0 Å². The van der Waals surface area contributed by atoms with Gasteiger partial charge in [0.2, 0.25) is 0 Å². The Morgan fingerprint density at radius 1 is 0.773 bits per heavy atom. The third-order valence-corrected chi connectivity index (χ3v) is 4.28. The summed E-state index contributed by atoms with van der Waals surface area (Å²) in [6, 6.07) is 25.0. The van der Waals surface area contributed by atoms with Crippen molar-refractivity contribution >= 4 is 33.3 Å². The molecule has 0 atom stereocenters. The number of pyridine rings is 1. The summed E-state index contributed by atoms with van der Waals surface area (Å²) in [5.74, 6) is 0.455. The number of alkyl halides is 1. The van der Waals surface area contributed by atoms with Gasteiger partial charge in [-0.2, -0.15) is 0 Å². The molecule has 0 aliphatic carbocycles. The van der Waals surface area contributed by atoms with E-state index in [1.54, 1.807) is 0 Å². The summed E-state index contributed by atoms with van der Waals surface area (Å²) in [4.78, 5) is 4.88. The van der Waals surface area contributed by atoms with Crippen LogP contribution in [-0.4, -0.2) is 4.98 Å². The predicted molar refractivity (Wildman–Crippen MR) is 94.2 cm³/mol. The molecule has 1 heterocycles. The van der Waals surface area contributed by atoms with Crippen LogP contribution >= 0.6 is 11.6 Å². The average Bonchev–Trinajstić information content (AvgIpc) is 2.60. The zero-order chi connectivity index (χ0) is 14.9. The number of para-hydroxylation sites is 1. The SMILES string of the molecule is ClCc1cc2ccccc2nc1-c1cccc2ccccc12. The molecule has 0 N–H and O–H groups in total. The molecular formula is C20H14ClN. The molecule has 0 fully saturated rings. The largest absolute Gasteiger partial charge is 0.247 e. The summed E-state index contributed by atoms with van der Waals surface area (Å²) < 4.78 is 0. The van der Waals surface area contributed by atoms with Crippen molar-refractivity contribution in [1.29, 1.82) is 0 Å². The molecule has 4 aromatic rings.